The van der Waals surface area contributed by atoms with Gasteiger partial charge < -0.3 is 9.15 Å². The van der Waals surface area contributed by atoms with Gasteiger partial charge in [0.2, 0.25) is 11.7 Å². The standard InChI is InChI=1S/C27H25N3O4/c1-4-5-13-33-19-9-7-18(8-10-19)23-22-24(31)20-14-16(2)17(3)15-21(20)34-25(22)26(32)30(23)27-28-11-6-12-29-27/h6-12,14-15,23H,4-5,13H2,1-3H3. The van der Waals surface area contributed by atoms with Gasteiger partial charge in [0.15, 0.2) is 5.43 Å². The molecule has 3 heterocycles. The molecule has 0 bridgehead atoms. The summed E-state index contributed by atoms with van der Waals surface area (Å²) in [5, 5.41) is 0.454. The quantitative estimate of drug-likeness (QED) is 0.375. The van der Waals surface area contributed by atoms with Crippen LogP contribution in [0.2, 0.25) is 0 Å². The summed E-state index contributed by atoms with van der Waals surface area (Å²) in [6.45, 7) is 6.64. The molecule has 1 unspecified atom stereocenters. The number of benzene rings is 2. The van der Waals surface area contributed by atoms with Crippen LogP contribution in [-0.2, 0) is 0 Å². The van der Waals surface area contributed by atoms with Crippen LogP contribution in [0.5, 0.6) is 5.75 Å². The van der Waals surface area contributed by atoms with Gasteiger partial charge in [-0.1, -0.05) is 25.5 Å². The van der Waals surface area contributed by atoms with E-state index in [0.717, 1.165) is 35.3 Å². The summed E-state index contributed by atoms with van der Waals surface area (Å²) in [5.74, 6) is 0.539. The van der Waals surface area contributed by atoms with Crippen molar-refractivity contribution in [2.24, 2.45) is 0 Å². The molecular weight excluding hydrogens is 430 g/mol. The van der Waals surface area contributed by atoms with E-state index in [2.05, 4.69) is 16.9 Å². The van der Waals surface area contributed by atoms with Crippen LogP contribution in [0.15, 0.2) is 64.1 Å². The summed E-state index contributed by atoms with van der Waals surface area (Å²) in [6.07, 6.45) is 5.16. The Morgan fingerprint density at radius 1 is 1.03 bits per heavy atom. The fourth-order valence-electron chi connectivity index (χ4n) is 4.25. The fraction of sp³-hybridized carbons (Fsp3) is 0.259. The number of rotatable bonds is 6. The average Bonchev–Trinajstić information content (AvgIpc) is 3.14. The van der Waals surface area contributed by atoms with E-state index in [-0.39, 0.29) is 17.1 Å². The first kappa shape index (κ1) is 21.8. The molecule has 2 aromatic carbocycles. The normalized spacial score (nSPS) is 15.1. The molecule has 0 aliphatic carbocycles. The third-order valence-electron chi connectivity index (χ3n) is 6.22. The maximum Gasteiger partial charge on any atom is 0.297 e. The molecule has 0 saturated heterocycles. The molecular formula is C27H25N3O4. The Morgan fingerprint density at radius 2 is 1.74 bits per heavy atom. The SMILES string of the molecule is CCCCOc1ccc(C2c3c(oc4cc(C)c(C)cc4c3=O)C(=O)N2c2ncccn2)cc1. The second-order valence-electron chi connectivity index (χ2n) is 8.50. The number of aryl methyl sites for hydroxylation is 2. The minimum Gasteiger partial charge on any atom is -0.494 e. The molecule has 5 rings (SSSR count). The molecule has 7 nitrogen and oxygen atoms in total. The zero-order valence-corrected chi connectivity index (χ0v) is 19.4. The summed E-state index contributed by atoms with van der Waals surface area (Å²) in [7, 11) is 0. The third kappa shape index (κ3) is 3.63. The van der Waals surface area contributed by atoms with E-state index < -0.39 is 11.9 Å². The Balaban J connectivity index is 1.68. The van der Waals surface area contributed by atoms with Crippen LogP contribution in [-0.4, -0.2) is 22.5 Å². The lowest BCUT2D eigenvalue weighted by atomic mass is 9.97. The first-order valence-electron chi connectivity index (χ1n) is 11.4. The lowest BCUT2D eigenvalue weighted by Gasteiger charge is -2.23. The van der Waals surface area contributed by atoms with Crippen molar-refractivity contribution in [3.8, 4) is 5.75 Å². The largest absolute Gasteiger partial charge is 0.494 e. The Hall–Kier alpha value is -4.00. The molecule has 4 aromatic rings. The maximum atomic E-state index is 13.7. The van der Waals surface area contributed by atoms with Crippen molar-refractivity contribution in [2.75, 3.05) is 11.5 Å². The predicted octanol–water partition coefficient (Wildman–Crippen LogP) is 5.13. The van der Waals surface area contributed by atoms with Crippen LogP contribution >= 0.6 is 0 Å². The number of unbranched alkanes of at least 4 members (excludes halogenated alkanes) is 1. The summed E-state index contributed by atoms with van der Waals surface area (Å²) >= 11 is 0. The number of ether oxygens (including phenoxy) is 1. The molecule has 0 fully saturated rings. The number of aromatic nitrogens is 2. The molecule has 0 radical (unpaired) electrons. The molecule has 1 amide bonds. The molecule has 1 aliphatic heterocycles. The van der Waals surface area contributed by atoms with E-state index in [1.807, 2.05) is 44.2 Å². The highest BCUT2D eigenvalue weighted by Gasteiger charge is 2.44. The first-order chi connectivity index (χ1) is 16.5. The lowest BCUT2D eigenvalue weighted by Crippen LogP contribution is -2.31. The van der Waals surface area contributed by atoms with Crippen LogP contribution in [0.4, 0.5) is 5.95 Å². The Labute approximate surface area is 197 Å². The summed E-state index contributed by atoms with van der Waals surface area (Å²) in [5.41, 5.74) is 3.19. The molecule has 0 N–H and O–H groups in total. The van der Waals surface area contributed by atoms with E-state index in [1.165, 1.54) is 4.90 Å². The summed E-state index contributed by atoms with van der Waals surface area (Å²) in [6, 6.07) is 12.0. The minimum atomic E-state index is -0.711. The summed E-state index contributed by atoms with van der Waals surface area (Å²) in [4.78, 5) is 37.3. The van der Waals surface area contributed by atoms with E-state index in [0.29, 0.717) is 23.1 Å². The number of nitrogens with zero attached hydrogens (tertiary/aromatic N) is 3. The van der Waals surface area contributed by atoms with E-state index in [4.69, 9.17) is 9.15 Å². The highest BCUT2D eigenvalue weighted by Crippen LogP contribution is 2.40. The highest BCUT2D eigenvalue weighted by atomic mass is 16.5. The molecule has 34 heavy (non-hydrogen) atoms. The van der Waals surface area contributed by atoms with E-state index >= 15 is 0 Å². The molecule has 1 atom stereocenters. The van der Waals surface area contributed by atoms with Gasteiger partial charge in [0.1, 0.15) is 11.3 Å². The molecule has 0 saturated carbocycles. The maximum absolute atomic E-state index is 13.7. The fourth-order valence-corrected chi connectivity index (χ4v) is 4.25. The Morgan fingerprint density at radius 3 is 2.44 bits per heavy atom. The number of anilines is 1. The number of carbonyl (C=O) groups is 1. The molecule has 7 heteroatoms. The minimum absolute atomic E-state index is 0.0291. The van der Waals surface area contributed by atoms with Gasteiger partial charge in [-0.2, -0.15) is 0 Å². The Bertz CT molecular complexity index is 1430. The third-order valence-corrected chi connectivity index (χ3v) is 6.22. The van der Waals surface area contributed by atoms with E-state index in [9.17, 15) is 9.59 Å². The molecule has 0 spiro atoms. The van der Waals surface area contributed by atoms with Crippen molar-refractivity contribution >= 4 is 22.8 Å². The molecule has 2 aromatic heterocycles. The van der Waals surface area contributed by atoms with Crippen LogP contribution in [0, 0.1) is 13.8 Å². The predicted molar refractivity (Wildman–Crippen MR) is 129 cm³/mol. The van der Waals surface area contributed by atoms with Gasteiger partial charge >= 0.3 is 0 Å². The zero-order chi connectivity index (χ0) is 23.8. The van der Waals surface area contributed by atoms with Crippen LogP contribution in [0.1, 0.15) is 58.6 Å². The van der Waals surface area contributed by atoms with Crippen LogP contribution in [0.3, 0.4) is 0 Å². The van der Waals surface area contributed by atoms with Gasteiger partial charge in [0.05, 0.1) is 23.6 Å². The van der Waals surface area contributed by atoms with Gasteiger partial charge in [-0.05, 0) is 67.3 Å². The molecule has 172 valence electrons. The number of hydrogen-bond acceptors (Lipinski definition) is 6. The second-order valence-corrected chi connectivity index (χ2v) is 8.50. The van der Waals surface area contributed by atoms with Gasteiger partial charge in [-0.3, -0.25) is 14.5 Å². The first-order valence-corrected chi connectivity index (χ1v) is 11.4. The van der Waals surface area contributed by atoms with Gasteiger partial charge in [-0.15, -0.1) is 0 Å². The van der Waals surface area contributed by atoms with Crippen LogP contribution < -0.4 is 15.1 Å². The van der Waals surface area contributed by atoms with Gasteiger partial charge in [-0.25, -0.2) is 9.97 Å². The van der Waals surface area contributed by atoms with Crippen molar-refractivity contribution in [1.82, 2.24) is 9.97 Å². The zero-order valence-electron chi connectivity index (χ0n) is 19.4. The smallest absolute Gasteiger partial charge is 0.297 e. The highest BCUT2D eigenvalue weighted by molar-refractivity contribution is 6.09. The second kappa shape index (κ2) is 8.74. The van der Waals surface area contributed by atoms with Crippen molar-refractivity contribution in [2.45, 2.75) is 39.7 Å². The van der Waals surface area contributed by atoms with Crippen molar-refractivity contribution < 1.29 is 13.9 Å². The summed E-state index contributed by atoms with van der Waals surface area (Å²) < 4.78 is 11.8. The van der Waals surface area contributed by atoms with Crippen molar-refractivity contribution in [3.05, 3.63) is 93.1 Å². The number of amides is 1. The number of fused-ring (bicyclic) bond motifs is 2. The van der Waals surface area contributed by atoms with Gasteiger partial charge in [0, 0.05) is 12.4 Å². The topological polar surface area (TPSA) is 85.5 Å². The Kier molecular flexibility index (Phi) is 5.61. The average molecular weight is 456 g/mol. The molecule has 1 aliphatic rings. The van der Waals surface area contributed by atoms with Crippen molar-refractivity contribution in [1.29, 1.82) is 0 Å². The van der Waals surface area contributed by atoms with Gasteiger partial charge in [0.25, 0.3) is 5.91 Å². The van der Waals surface area contributed by atoms with Crippen molar-refractivity contribution in [3.63, 3.8) is 0 Å². The monoisotopic (exact) mass is 455 g/mol. The number of carbonyl (C=O) groups excluding carboxylic acids is 1. The van der Waals surface area contributed by atoms with Crippen LogP contribution in [0.25, 0.3) is 11.0 Å². The van der Waals surface area contributed by atoms with E-state index in [1.54, 1.807) is 24.5 Å². The lowest BCUT2D eigenvalue weighted by molar-refractivity contribution is 0.0969. The number of hydrogen-bond donors (Lipinski definition) is 0.